The maximum absolute atomic E-state index is 10.3. The average Bonchev–Trinajstić information content (AvgIpc) is 3.26. The number of halogens is 1. The van der Waals surface area contributed by atoms with E-state index in [1.807, 2.05) is 19.1 Å². The molecule has 200 valence electrons. The van der Waals surface area contributed by atoms with Crippen molar-refractivity contribution in [3.63, 3.8) is 0 Å². The van der Waals surface area contributed by atoms with Gasteiger partial charge in [-0.2, -0.15) is 5.26 Å². The standard InChI is InChI=1S/C33H39BrN2O2/c1-4-38-31-26(19-35)25(20-5-8-22(34)9-6-20)18-30(36-31)29-12-11-27-24-10-7-21-17-23(37)13-15-32(21,2)28(24)14-16-33(27,29)3/h5-9,18,23-24,27-29,37H,4,10-17H2,1-3H3/t23-,24-,27-,28-,29+,32-,33-/m0/s1. The van der Waals surface area contributed by atoms with Crippen LogP contribution in [0, 0.1) is 39.9 Å². The Kier molecular flexibility index (Phi) is 6.72. The lowest BCUT2D eigenvalue weighted by Gasteiger charge is -2.58. The molecule has 3 fully saturated rings. The fourth-order valence-electron chi connectivity index (χ4n) is 9.05. The Morgan fingerprint density at radius 1 is 1.11 bits per heavy atom. The van der Waals surface area contributed by atoms with Crippen molar-refractivity contribution >= 4 is 15.9 Å². The number of pyridine rings is 1. The van der Waals surface area contributed by atoms with Gasteiger partial charge in [-0.3, -0.25) is 0 Å². The molecule has 2 aromatic rings. The molecule has 0 amide bonds. The predicted molar refractivity (Wildman–Crippen MR) is 154 cm³/mol. The third-order valence-corrected chi connectivity index (χ3v) is 11.5. The lowest BCUT2D eigenvalue weighted by molar-refractivity contribution is -0.0412. The Balaban J connectivity index is 1.38. The first-order chi connectivity index (χ1) is 18.3. The van der Waals surface area contributed by atoms with Gasteiger partial charge in [0, 0.05) is 21.6 Å². The van der Waals surface area contributed by atoms with Gasteiger partial charge in [0.1, 0.15) is 11.6 Å². The first kappa shape index (κ1) is 26.1. The molecule has 0 spiro atoms. The highest BCUT2D eigenvalue weighted by molar-refractivity contribution is 9.10. The smallest absolute Gasteiger partial charge is 0.232 e. The Labute approximate surface area is 235 Å². The minimum atomic E-state index is -0.155. The molecule has 0 unspecified atom stereocenters. The number of aliphatic hydroxyl groups excluding tert-OH is 1. The van der Waals surface area contributed by atoms with E-state index in [9.17, 15) is 10.4 Å². The summed E-state index contributed by atoms with van der Waals surface area (Å²) >= 11 is 3.54. The largest absolute Gasteiger partial charge is 0.477 e. The number of hydrogen-bond donors (Lipinski definition) is 1. The van der Waals surface area contributed by atoms with Crippen molar-refractivity contribution in [1.82, 2.24) is 4.98 Å². The molecule has 38 heavy (non-hydrogen) atoms. The van der Waals surface area contributed by atoms with Crippen molar-refractivity contribution in [2.75, 3.05) is 6.61 Å². The molecule has 4 aliphatic carbocycles. The maximum Gasteiger partial charge on any atom is 0.232 e. The van der Waals surface area contributed by atoms with E-state index < -0.39 is 0 Å². The topological polar surface area (TPSA) is 66.1 Å². The van der Waals surface area contributed by atoms with Crippen LogP contribution < -0.4 is 4.74 Å². The van der Waals surface area contributed by atoms with Crippen LogP contribution in [0.1, 0.15) is 89.3 Å². The lowest BCUT2D eigenvalue weighted by Crippen LogP contribution is -2.50. The zero-order valence-corrected chi connectivity index (χ0v) is 24.4. The van der Waals surface area contributed by atoms with Gasteiger partial charge in [0.2, 0.25) is 5.88 Å². The molecule has 1 aromatic heterocycles. The van der Waals surface area contributed by atoms with Crippen LogP contribution in [0.5, 0.6) is 5.88 Å². The molecule has 0 bridgehead atoms. The molecule has 1 heterocycles. The molecule has 0 saturated heterocycles. The molecular weight excluding hydrogens is 536 g/mol. The molecule has 7 atom stereocenters. The average molecular weight is 576 g/mol. The summed E-state index contributed by atoms with van der Waals surface area (Å²) in [5, 5.41) is 20.4. The van der Waals surface area contributed by atoms with E-state index in [1.54, 1.807) is 0 Å². The highest BCUT2D eigenvalue weighted by Gasteiger charge is 2.59. The number of benzene rings is 1. The first-order valence-electron chi connectivity index (χ1n) is 14.5. The van der Waals surface area contributed by atoms with Gasteiger partial charge in [0.25, 0.3) is 0 Å². The summed E-state index contributed by atoms with van der Waals surface area (Å²) in [6.07, 6.45) is 11.3. The van der Waals surface area contributed by atoms with Crippen molar-refractivity contribution in [1.29, 1.82) is 5.26 Å². The van der Waals surface area contributed by atoms with Crippen molar-refractivity contribution < 1.29 is 9.84 Å². The van der Waals surface area contributed by atoms with E-state index in [0.717, 1.165) is 59.3 Å². The fourth-order valence-corrected chi connectivity index (χ4v) is 9.32. The van der Waals surface area contributed by atoms with Crippen LogP contribution in [0.25, 0.3) is 11.1 Å². The number of hydrogen-bond acceptors (Lipinski definition) is 4. The van der Waals surface area contributed by atoms with Crippen LogP contribution in [0.2, 0.25) is 0 Å². The zero-order valence-electron chi connectivity index (χ0n) is 22.8. The summed E-state index contributed by atoms with van der Waals surface area (Å²) < 4.78 is 7.00. The monoisotopic (exact) mass is 574 g/mol. The number of allylic oxidation sites excluding steroid dienone is 1. The number of rotatable bonds is 4. The Morgan fingerprint density at radius 3 is 2.63 bits per heavy atom. The number of ether oxygens (including phenoxy) is 1. The van der Waals surface area contributed by atoms with Gasteiger partial charge in [-0.1, -0.05) is 53.6 Å². The summed E-state index contributed by atoms with van der Waals surface area (Å²) in [6.45, 7) is 7.47. The van der Waals surface area contributed by atoms with E-state index in [4.69, 9.17) is 9.72 Å². The van der Waals surface area contributed by atoms with Crippen LogP contribution in [0.15, 0.2) is 46.5 Å². The SMILES string of the molecule is CCOc1nc([C@H]2CC[C@H]3[C@@H]4CC=C5C[C@@H](O)CC[C@]5(C)[C@H]4CC[C@]23C)cc(-c2ccc(Br)cc2)c1C#N. The summed E-state index contributed by atoms with van der Waals surface area (Å²) in [5.41, 5.74) is 5.54. The van der Waals surface area contributed by atoms with E-state index in [2.05, 4.69) is 60.1 Å². The van der Waals surface area contributed by atoms with Crippen LogP contribution >= 0.6 is 15.9 Å². The molecule has 1 N–H and O–H groups in total. The second-order valence-corrected chi connectivity index (χ2v) is 13.6. The first-order valence-corrected chi connectivity index (χ1v) is 15.3. The third kappa shape index (κ3) is 4.06. The Morgan fingerprint density at radius 2 is 1.89 bits per heavy atom. The van der Waals surface area contributed by atoms with Crippen molar-refractivity contribution in [3.05, 3.63) is 57.7 Å². The van der Waals surface area contributed by atoms with Crippen molar-refractivity contribution in [2.24, 2.45) is 28.6 Å². The summed E-state index contributed by atoms with van der Waals surface area (Å²) in [4.78, 5) is 5.05. The van der Waals surface area contributed by atoms with Crippen LogP contribution in [-0.4, -0.2) is 22.8 Å². The molecule has 5 heteroatoms. The van der Waals surface area contributed by atoms with Crippen LogP contribution in [0.4, 0.5) is 0 Å². The molecule has 4 aliphatic rings. The van der Waals surface area contributed by atoms with Gasteiger partial charge in [0.05, 0.1) is 12.7 Å². The summed E-state index contributed by atoms with van der Waals surface area (Å²) in [5.74, 6) is 2.94. The number of aliphatic hydroxyl groups is 1. The maximum atomic E-state index is 10.3. The van der Waals surface area contributed by atoms with Gasteiger partial charge < -0.3 is 9.84 Å². The minimum absolute atomic E-state index is 0.155. The highest BCUT2D eigenvalue weighted by atomic mass is 79.9. The van der Waals surface area contributed by atoms with Gasteiger partial charge in [-0.25, -0.2) is 4.98 Å². The molecular formula is C33H39BrN2O2. The summed E-state index contributed by atoms with van der Waals surface area (Å²) in [6, 6.07) is 12.8. The minimum Gasteiger partial charge on any atom is -0.477 e. The van der Waals surface area contributed by atoms with Gasteiger partial charge >= 0.3 is 0 Å². The van der Waals surface area contributed by atoms with Crippen LogP contribution in [0.3, 0.4) is 0 Å². The van der Waals surface area contributed by atoms with Gasteiger partial charge in [-0.15, -0.1) is 0 Å². The summed E-state index contributed by atoms with van der Waals surface area (Å²) in [7, 11) is 0. The fraction of sp³-hybridized carbons (Fsp3) is 0.576. The highest BCUT2D eigenvalue weighted by Crippen LogP contribution is 2.68. The Hall–Kier alpha value is -2.16. The van der Waals surface area contributed by atoms with E-state index >= 15 is 0 Å². The third-order valence-electron chi connectivity index (χ3n) is 11.0. The predicted octanol–water partition coefficient (Wildman–Crippen LogP) is 8.19. The van der Waals surface area contributed by atoms with Crippen molar-refractivity contribution in [2.45, 2.75) is 84.2 Å². The van der Waals surface area contributed by atoms with E-state index in [-0.39, 0.29) is 16.9 Å². The normalized spacial score (nSPS) is 35.9. The molecule has 4 nitrogen and oxygen atoms in total. The molecule has 0 aliphatic heterocycles. The molecule has 3 saturated carbocycles. The number of nitriles is 1. The van der Waals surface area contributed by atoms with E-state index in [1.165, 1.54) is 24.8 Å². The number of fused-ring (bicyclic) bond motifs is 5. The second kappa shape index (κ2) is 9.79. The quantitative estimate of drug-likeness (QED) is 0.374. The van der Waals surface area contributed by atoms with Gasteiger partial charge in [0.15, 0.2) is 0 Å². The molecule has 1 aromatic carbocycles. The Bertz CT molecular complexity index is 1300. The molecule has 0 radical (unpaired) electrons. The van der Waals surface area contributed by atoms with E-state index in [0.29, 0.717) is 35.8 Å². The van der Waals surface area contributed by atoms with Crippen LogP contribution in [-0.2, 0) is 0 Å². The number of nitrogens with zero attached hydrogens (tertiary/aromatic N) is 2. The van der Waals surface area contributed by atoms with Crippen molar-refractivity contribution in [3.8, 4) is 23.1 Å². The van der Waals surface area contributed by atoms with Gasteiger partial charge in [-0.05, 0) is 111 Å². The molecule has 6 rings (SSSR count). The second-order valence-electron chi connectivity index (χ2n) is 12.7. The lowest BCUT2D eigenvalue weighted by atomic mass is 9.47. The number of aromatic nitrogens is 1. The zero-order chi connectivity index (χ0) is 26.7.